The number of hydrogen-bond acceptors (Lipinski definition) is 4. The van der Waals surface area contributed by atoms with Crippen LogP contribution >= 0.6 is 11.6 Å². The van der Waals surface area contributed by atoms with Crippen LogP contribution in [-0.4, -0.2) is 9.97 Å². The van der Waals surface area contributed by atoms with E-state index in [2.05, 4.69) is 9.97 Å². The summed E-state index contributed by atoms with van der Waals surface area (Å²) >= 11 is 5.78. The summed E-state index contributed by atoms with van der Waals surface area (Å²) in [7, 11) is 0. The van der Waals surface area contributed by atoms with E-state index < -0.39 is 0 Å². The van der Waals surface area contributed by atoms with Gasteiger partial charge in [-0.1, -0.05) is 11.6 Å². The number of nitrogens with two attached hydrogens (primary N) is 1. The van der Waals surface area contributed by atoms with E-state index in [9.17, 15) is 0 Å². The molecule has 2 N–H and O–H groups in total. The molecule has 0 bridgehead atoms. The first-order valence-electron chi connectivity index (χ1n) is 5.66. The van der Waals surface area contributed by atoms with Crippen LogP contribution in [0.3, 0.4) is 0 Å². The molecule has 0 aliphatic heterocycles. The van der Waals surface area contributed by atoms with Gasteiger partial charge in [0.2, 0.25) is 5.88 Å². The number of hydrogen-bond donors (Lipinski definition) is 1. The van der Waals surface area contributed by atoms with Crippen LogP contribution < -0.4 is 10.5 Å². The van der Waals surface area contributed by atoms with Crippen LogP contribution in [0, 0.1) is 0 Å². The van der Waals surface area contributed by atoms with Crippen molar-refractivity contribution in [2.45, 2.75) is 0 Å². The predicted octanol–water partition coefficient (Wildman–Crippen LogP) is 3.66. The molecule has 0 fully saturated rings. The van der Waals surface area contributed by atoms with Gasteiger partial charge in [0.05, 0.1) is 5.02 Å². The SMILES string of the molecule is Nc1ccc(Oc2ccc(Cl)cn2)c2ncccc12. The van der Waals surface area contributed by atoms with Gasteiger partial charge in [0.1, 0.15) is 5.52 Å². The van der Waals surface area contributed by atoms with Crippen LogP contribution in [0.1, 0.15) is 0 Å². The van der Waals surface area contributed by atoms with Gasteiger partial charge in [0, 0.05) is 29.5 Å². The lowest BCUT2D eigenvalue weighted by Crippen LogP contribution is -1.93. The number of aromatic nitrogens is 2. The second-order valence-corrected chi connectivity index (χ2v) is 4.41. The van der Waals surface area contributed by atoms with E-state index in [0.717, 1.165) is 5.39 Å². The lowest BCUT2D eigenvalue weighted by molar-refractivity contribution is 0.467. The third kappa shape index (κ3) is 2.30. The molecule has 5 heteroatoms. The Kier molecular flexibility index (Phi) is 2.93. The van der Waals surface area contributed by atoms with Crippen molar-refractivity contribution in [1.29, 1.82) is 0 Å². The molecule has 0 spiro atoms. The van der Waals surface area contributed by atoms with Gasteiger partial charge in [0.15, 0.2) is 5.75 Å². The summed E-state index contributed by atoms with van der Waals surface area (Å²) in [6.07, 6.45) is 3.23. The van der Waals surface area contributed by atoms with Gasteiger partial charge in [-0.3, -0.25) is 4.98 Å². The molecular weight excluding hydrogens is 262 g/mol. The second kappa shape index (κ2) is 4.74. The fourth-order valence-corrected chi connectivity index (χ4v) is 1.90. The van der Waals surface area contributed by atoms with Gasteiger partial charge in [-0.15, -0.1) is 0 Å². The van der Waals surface area contributed by atoms with E-state index in [1.54, 1.807) is 30.5 Å². The Labute approximate surface area is 114 Å². The van der Waals surface area contributed by atoms with Crippen molar-refractivity contribution in [3.63, 3.8) is 0 Å². The van der Waals surface area contributed by atoms with Crippen molar-refractivity contribution < 1.29 is 4.74 Å². The summed E-state index contributed by atoms with van der Waals surface area (Å²) in [5.74, 6) is 1.07. The van der Waals surface area contributed by atoms with Gasteiger partial charge >= 0.3 is 0 Å². The number of nitrogens with zero attached hydrogens (tertiary/aromatic N) is 2. The summed E-state index contributed by atoms with van der Waals surface area (Å²) in [5.41, 5.74) is 7.28. The molecule has 3 aromatic rings. The van der Waals surface area contributed by atoms with Crippen molar-refractivity contribution in [3.8, 4) is 11.6 Å². The highest BCUT2D eigenvalue weighted by Crippen LogP contribution is 2.31. The number of benzene rings is 1. The maximum absolute atomic E-state index is 5.91. The highest BCUT2D eigenvalue weighted by molar-refractivity contribution is 6.30. The number of fused-ring (bicyclic) bond motifs is 1. The van der Waals surface area contributed by atoms with Gasteiger partial charge < -0.3 is 10.5 Å². The summed E-state index contributed by atoms with van der Waals surface area (Å²) in [4.78, 5) is 8.39. The number of rotatable bonds is 2. The molecule has 0 unspecified atom stereocenters. The molecule has 0 saturated carbocycles. The van der Waals surface area contributed by atoms with Crippen molar-refractivity contribution in [2.24, 2.45) is 0 Å². The normalized spacial score (nSPS) is 10.6. The van der Waals surface area contributed by atoms with E-state index in [4.69, 9.17) is 22.1 Å². The standard InChI is InChI=1S/C14H10ClN3O/c15-9-3-6-13(18-8-9)19-12-5-4-11(16)10-2-1-7-17-14(10)12/h1-8H,16H2. The van der Waals surface area contributed by atoms with E-state index in [0.29, 0.717) is 27.9 Å². The smallest absolute Gasteiger partial charge is 0.219 e. The van der Waals surface area contributed by atoms with E-state index in [1.165, 1.54) is 6.20 Å². The topological polar surface area (TPSA) is 61.0 Å². The van der Waals surface area contributed by atoms with Crippen LogP contribution in [0.25, 0.3) is 10.9 Å². The molecule has 4 nitrogen and oxygen atoms in total. The van der Waals surface area contributed by atoms with Crippen molar-refractivity contribution in [2.75, 3.05) is 5.73 Å². The Hall–Kier alpha value is -2.33. The predicted molar refractivity (Wildman–Crippen MR) is 75.5 cm³/mol. The number of halogens is 1. The number of anilines is 1. The molecule has 0 aliphatic rings. The molecule has 0 amide bonds. The number of nitrogen functional groups attached to an aromatic ring is 1. The lowest BCUT2D eigenvalue weighted by Gasteiger charge is -2.08. The van der Waals surface area contributed by atoms with Crippen LogP contribution in [-0.2, 0) is 0 Å². The second-order valence-electron chi connectivity index (χ2n) is 3.97. The number of pyridine rings is 2. The Morgan fingerprint density at radius 2 is 1.95 bits per heavy atom. The fourth-order valence-electron chi connectivity index (χ4n) is 1.79. The minimum Gasteiger partial charge on any atom is -0.437 e. The molecule has 3 rings (SSSR count). The molecule has 0 saturated heterocycles. The summed E-state index contributed by atoms with van der Waals surface area (Å²) < 4.78 is 5.71. The monoisotopic (exact) mass is 271 g/mol. The van der Waals surface area contributed by atoms with Crippen molar-refractivity contribution >= 4 is 28.2 Å². The minimum atomic E-state index is 0.459. The first-order chi connectivity index (χ1) is 9.24. The van der Waals surface area contributed by atoms with Crippen LogP contribution in [0.2, 0.25) is 5.02 Å². The summed E-state index contributed by atoms with van der Waals surface area (Å²) in [6.45, 7) is 0. The zero-order chi connectivity index (χ0) is 13.2. The van der Waals surface area contributed by atoms with E-state index >= 15 is 0 Å². The zero-order valence-corrected chi connectivity index (χ0v) is 10.6. The molecule has 1 aromatic carbocycles. The van der Waals surface area contributed by atoms with E-state index in [-0.39, 0.29) is 0 Å². The molecule has 0 atom stereocenters. The molecule has 2 heterocycles. The molecule has 94 valence electrons. The Morgan fingerprint density at radius 1 is 1.05 bits per heavy atom. The van der Waals surface area contributed by atoms with Gasteiger partial charge in [-0.2, -0.15) is 0 Å². The minimum absolute atomic E-state index is 0.459. The van der Waals surface area contributed by atoms with Crippen molar-refractivity contribution in [1.82, 2.24) is 9.97 Å². The molecule has 0 aliphatic carbocycles. The summed E-state index contributed by atoms with van der Waals surface area (Å²) in [5, 5.41) is 1.42. The zero-order valence-electron chi connectivity index (χ0n) is 9.88. The third-order valence-electron chi connectivity index (χ3n) is 2.68. The molecular formula is C14H10ClN3O. The highest BCUT2D eigenvalue weighted by Gasteiger charge is 2.07. The first-order valence-corrected chi connectivity index (χ1v) is 6.04. The third-order valence-corrected chi connectivity index (χ3v) is 2.90. The summed E-state index contributed by atoms with van der Waals surface area (Å²) in [6, 6.07) is 10.7. The molecule has 2 aromatic heterocycles. The van der Waals surface area contributed by atoms with Crippen LogP contribution in [0.4, 0.5) is 5.69 Å². The molecule has 0 radical (unpaired) electrons. The molecule has 19 heavy (non-hydrogen) atoms. The van der Waals surface area contributed by atoms with Crippen LogP contribution in [0.15, 0.2) is 48.8 Å². The average molecular weight is 272 g/mol. The van der Waals surface area contributed by atoms with E-state index in [1.807, 2.05) is 12.1 Å². The Balaban J connectivity index is 2.06. The largest absolute Gasteiger partial charge is 0.437 e. The van der Waals surface area contributed by atoms with Gasteiger partial charge in [-0.25, -0.2) is 4.98 Å². The Morgan fingerprint density at radius 3 is 2.74 bits per heavy atom. The van der Waals surface area contributed by atoms with Gasteiger partial charge in [0.25, 0.3) is 0 Å². The first kappa shape index (κ1) is 11.7. The lowest BCUT2D eigenvalue weighted by atomic mass is 10.2. The Bertz CT molecular complexity index is 728. The quantitative estimate of drug-likeness (QED) is 0.723. The maximum atomic E-state index is 5.91. The number of ether oxygens (including phenoxy) is 1. The van der Waals surface area contributed by atoms with Crippen LogP contribution in [0.5, 0.6) is 11.6 Å². The van der Waals surface area contributed by atoms with Gasteiger partial charge in [-0.05, 0) is 30.3 Å². The highest BCUT2D eigenvalue weighted by atomic mass is 35.5. The average Bonchev–Trinajstić information content (AvgIpc) is 2.45. The maximum Gasteiger partial charge on any atom is 0.219 e. The van der Waals surface area contributed by atoms with Crippen molar-refractivity contribution in [3.05, 3.63) is 53.8 Å². The fraction of sp³-hybridized carbons (Fsp3) is 0.